The first-order valence-electron chi connectivity index (χ1n) is 43.1. The van der Waals surface area contributed by atoms with Crippen molar-refractivity contribution < 1.29 is 75.8 Å². The van der Waals surface area contributed by atoms with Crippen LogP contribution in [0.5, 0.6) is 0 Å². The van der Waals surface area contributed by atoms with Gasteiger partial charge in [-0.3, -0.25) is 32.5 Å². The number of phosphoric acid groups is 2. The van der Waals surface area contributed by atoms with Gasteiger partial charge in [0.25, 0.3) is 0 Å². The van der Waals surface area contributed by atoms with Crippen molar-refractivity contribution in [2.45, 2.75) is 373 Å². The second-order valence-corrected chi connectivity index (χ2v) is 31.5. The van der Waals surface area contributed by atoms with Crippen molar-refractivity contribution in [3.05, 3.63) is 146 Å². The first-order chi connectivity index (χ1) is 53.2. The Morgan fingerprint density at radius 1 is 0.257 bits per heavy atom. The van der Waals surface area contributed by atoms with Gasteiger partial charge in [0.15, 0.2) is 6.10 Å². The molecule has 0 aliphatic rings. The van der Waals surface area contributed by atoms with Gasteiger partial charge < -0.3 is 34.2 Å². The van der Waals surface area contributed by atoms with Crippen LogP contribution in [0.4, 0.5) is 0 Å². The van der Waals surface area contributed by atoms with Gasteiger partial charge in [0.05, 0.1) is 26.4 Å². The highest BCUT2D eigenvalue weighted by Gasteiger charge is 2.29. The summed E-state index contributed by atoms with van der Waals surface area (Å²) in [6, 6.07) is 0. The molecule has 109 heavy (non-hydrogen) atoms. The molecule has 0 heterocycles. The summed E-state index contributed by atoms with van der Waals surface area (Å²) in [5.74, 6) is -1.59. The summed E-state index contributed by atoms with van der Waals surface area (Å²) in [7, 11) is -9.81. The zero-order chi connectivity index (χ0) is 79.4. The van der Waals surface area contributed by atoms with Crippen LogP contribution in [0.3, 0.4) is 0 Å². The number of rotatable bonds is 81. The summed E-state index contributed by atoms with van der Waals surface area (Å²) in [6.45, 7) is 2.60. The SMILES string of the molecule is CCCCC/C=C\C/C=C\C/C=C\C/C=C\CCCCCCCCCCCC(=O)OCC(O)COP(=O)(O)OCC(O)COP(=O)(O)OCC(COC(=O)CCCCCCCCCCC/C=C\C/C=C\C/C=C\C/C=C\CCCCC)OC(=O)CCCCCCCCC/C=C\C/C=C\C/C=C\C/C=C\CCCCC. The van der Waals surface area contributed by atoms with Crippen molar-refractivity contribution in [1.82, 2.24) is 0 Å². The Labute approximate surface area is 664 Å². The predicted octanol–water partition coefficient (Wildman–Crippen LogP) is 26.0. The molecular formula is C91H156O16P2. The molecule has 18 heteroatoms. The quantitative estimate of drug-likeness (QED) is 0.0146. The molecule has 0 saturated heterocycles. The van der Waals surface area contributed by atoms with Gasteiger partial charge >= 0.3 is 33.6 Å². The second-order valence-electron chi connectivity index (χ2n) is 28.6. The smallest absolute Gasteiger partial charge is 0.463 e. The van der Waals surface area contributed by atoms with Crippen LogP contribution in [0.1, 0.15) is 355 Å². The summed E-state index contributed by atoms with van der Waals surface area (Å²) < 4.78 is 61.4. The average Bonchev–Trinajstić information content (AvgIpc) is 0.903. The lowest BCUT2D eigenvalue weighted by Gasteiger charge is -2.21. The van der Waals surface area contributed by atoms with Gasteiger partial charge in [-0.1, -0.05) is 327 Å². The van der Waals surface area contributed by atoms with E-state index in [1.54, 1.807) is 0 Å². The number of ether oxygens (including phenoxy) is 3. The number of esters is 3. The summed E-state index contributed by atoms with van der Waals surface area (Å²) in [5.41, 5.74) is 0. The standard InChI is InChI=1S/C91H156O16P2/c1-4-7-10-13-16-19-22-25-28-31-34-37-40-42-45-47-50-53-56-59-62-65-68-71-74-77-89(94)101-80-86(92)81-103-108(97,98)104-82-87(93)83-105-109(99,100)106-85-88(107-91(96)79-76-73-70-67-64-61-58-55-52-49-44-39-36-33-30-27-24-21-18-15-12-9-6-3)84-102-90(95)78-75-72-69-66-63-60-57-54-51-48-46-43-41-38-35-32-29-26-23-20-17-14-11-8-5-2/h16-21,25-30,34-39,42-43,45-46,49,52,86-88,92-93H,4-15,22-24,31-33,40-41,44,47-48,50-51,53-85H2,1-3H3,(H,97,98)(H,99,100)/b19-16-,20-17-,21-18-,28-25-,29-26-,30-27-,37-34-,38-35-,39-36-,45-42-,46-43-,52-49-. The van der Waals surface area contributed by atoms with Crippen molar-refractivity contribution in [2.24, 2.45) is 0 Å². The van der Waals surface area contributed by atoms with Gasteiger partial charge in [-0.15, -0.1) is 0 Å². The Kier molecular flexibility index (Phi) is 79.4. The van der Waals surface area contributed by atoms with E-state index in [2.05, 4.69) is 167 Å². The third-order valence-corrected chi connectivity index (χ3v) is 19.9. The Bertz CT molecular complexity index is 2560. The van der Waals surface area contributed by atoms with Crippen molar-refractivity contribution >= 4 is 33.6 Å². The normalized spacial score (nSPS) is 14.6. The lowest BCUT2D eigenvalue weighted by Crippen LogP contribution is -2.30. The van der Waals surface area contributed by atoms with Crippen LogP contribution < -0.4 is 0 Å². The minimum absolute atomic E-state index is 0.0868. The third kappa shape index (κ3) is 84.2. The molecule has 4 N–H and O–H groups in total. The van der Waals surface area contributed by atoms with E-state index >= 15 is 0 Å². The van der Waals surface area contributed by atoms with Gasteiger partial charge in [0, 0.05) is 19.3 Å². The molecule has 16 nitrogen and oxygen atoms in total. The maximum Gasteiger partial charge on any atom is 0.472 e. The molecule has 0 aliphatic heterocycles. The molecule has 0 spiro atoms. The zero-order valence-corrected chi connectivity index (χ0v) is 70.5. The summed E-state index contributed by atoms with van der Waals surface area (Å²) in [5, 5.41) is 20.7. The molecule has 0 aromatic carbocycles. The average molecular weight is 1570 g/mol. The number of carbonyl (C=O) groups excluding carboxylic acids is 3. The molecule has 0 rings (SSSR count). The molecule has 0 saturated carbocycles. The molecular weight excluding hydrogens is 1410 g/mol. The van der Waals surface area contributed by atoms with Crippen molar-refractivity contribution in [3.8, 4) is 0 Å². The fourth-order valence-corrected chi connectivity index (χ4v) is 13.0. The van der Waals surface area contributed by atoms with E-state index in [9.17, 15) is 43.5 Å². The van der Waals surface area contributed by atoms with Crippen LogP contribution in [0.25, 0.3) is 0 Å². The van der Waals surface area contributed by atoms with Crippen LogP contribution in [-0.2, 0) is 55.8 Å². The highest BCUT2D eigenvalue weighted by atomic mass is 31.2. The minimum atomic E-state index is -4.95. The van der Waals surface area contributed by atoms with E-state index in [0.29, 0.717) is 19.3 Å². The molecule has 5 atom stereocenters. The Morgan fingerprint density at radius 3 is 0.725 bits per heavy atom. The lowest BCUT2D eigenvalue weighted by molar-refractivity contribution is -0.161. The number of hydrogen-bond donors (Lipinski definition) is 4. The van der Waals surface area contributed by atoms with E-state index < -0.39 is 91.5 Å². The number of carbonyl (C=O) groups is 3. The van der Waals surface area contributed by atoms with E-state index in [1.165, 1.54) is 128 Å². The van der Waals surface area contributed by atoms with Gasteiger partial charge in [-0.2, -0.15) is 0 Å². The van der Waals surface area contributed by atoms with Gasteiger partial charge in [-0.05, 0) is 154 Å². The summed E-state index contributed by atoms with van der Waals surface area (Å²) in [4.78, 5) is 58.9. The van der Waals surface area contributed by atoms with Gasteiger partial charge in [0.1, 0.15) is 25.4 Å². The van der Waals surface area contributed by atoms with Crippen LogP contribution >= 0.6 is 15.6 Å². The molecule has 5 unspecified atom stereocenters. The largest absolute Gasteiger partial charge is 0.472 e. The zero-order valence-electron chi connectivity index (χ0n) is 68.7. The highest BCUT2D eigenvalue weighted by molar-refractivity contribution is 7.47. The maximum absolute atomic E-state index is 13.1. The van der Waals surface area contributed by atoms with Crippen LogP contribution in [-0.4, -0.2) is 95.9 Å². The first-order valence-corrected chi connectivity index (χ1v) is 46.1. The minimum Gasteiger partial charge on any atom is -0.463 e. The van der Waals surface area contributed by atoms with E-state index in [-0.39, 0.29) is 19.3 Å². The predicted molar refractivity (Wildman–Crippen MR) is 454 cm³/mol. The Hall–Kier alpha value is -4.57. The number of hydrogen-bond acceptors (Lipinski definition) is 14. The fourth-order valence-electron chi connectivity index (χ4n) is 11.4. The molecule has 0 bridgehead atoms. The topological polar surface area (TPSA) is 231 Å². The Morgan fingerprint density at radius 2 is 0.459 bits per heavy atom. The van der Waals surface area contributed by atoms with E-state index in [1.807, 2.05) is 0 Å². The van der Waals surface area contributed by atoms with Crippen LogP contribution in [0.15, 0.2) is 146 Å². The van der Waals surface area contributed by atoms with Gasteiger partial charge in [0.2, 0.25) is 0 Å². The molecule has 0 fully saturated rings. The number of phosphoric ester groups is 2. The van der Waals surface area contributed by atoms with Crippen molar-refractivity contribution in [2.75, 3.05) is 39.6 Å². The van der Waals surface area contributed by atoms with Gasteiger partial charge in [-0.25, -0.2) is 9.13 Å². The molecule has 0 aromatic rings. The number of aliphatic hydroxyl groups is 2. The number of unbranched alkanes of at least 4 members (excludes halogenated alkanes) is 34. The van der Waals surface area contributed by atoms with E-state index in [4.69, 9.17) is 32.3 Å². The lowest BCUT2D eigenvalue weighted by atomic mass is 10.1. The Balaban J connectivity index is 4.71. The second kappa shape index (κ2) is 82.9. The number of allylic oxidation sites excluding steroid dienone is 24. The summed E-state index contributed by atoms with van der Waals surface area (Å²) >= 11 is 0. The molecule has 0 radical (unpaired) electrons. The monoisotopic (exact) mass is 1570 g/mol. The third-order valence-electron chi connectivity index (χ3n) is 18.0. The molecule has 0 amide bonds. The highest BCUT2D eigenvalue weighted by Crippen LogP contribution is 2.45. The summed E-state index contributed by atoms with van der Waals surface area (Å²) in [6.07, 6.45) is 103. The first kappa shape index (κ1) is 104. The van der Waals surface area contributed by atoms with Crippen LogP contribution in [0.2, 0.25) is 0 Å². The number of aliphatic hydroxyl groups excluding tert-OH is 2. The van der Waals surface area contributed by atoms with Crippen LogP contribution in [0, 0.1) is 0 Å². The van der Waals surface area contributed by atoms with Crippen molar-refractivity contribution in [3.63, 3.8) is 0 Å². The van der Waals surface area contributed by atoms with E-state index in [0.717, 1.165) is 167 Å². The maximum atomic E-state index is 13.1. The van der Waals surface area contributed by atoms with Crippen molar-refractivity contribution in [1.29, 1.82) is 0 Å². The molecule has 0 aliphatic carbocycles. The fraction of sp³-hybridized carbons (Fsp3) is 0.703. The molecule has 626 valence electrons. The molecule has 0 aromatic heterocycles.